The van der Waals surface area contributed by atoms with Crippen molar-refractivity contribution >= 4 is 63.9 Å². The summed E-state index contributed by atoms with van der Waals surface area (Å²) in [5.41, 5.74) is 5.25. The molecule has 2 N–H and O–H groups in total. The average molecular weight is 541 g/mol. The molecule has 0 spiro atoms. The van der Waals surface area contributed by atoms with E-state index in [0.29, 0.717) is 21.3 Å². The summed E-state index contributed by atoms with van der Waals surface area (Å²) in [7, 11) is 0. The minimum Gasteiger partial charge on any atom is -0.326 e. The number of thiocarbonyl (C=S) groups is 1. The molecule has 10 heteroatoms. The van der Waals surface area contributed by atoms with Crippen molar-refractivity contribution in [1.29, 1.82) is 0 Å². The predicted molar refractivity (Wildman–Crippen MR) is 144 cm³/mol. The lowest BCUT2D eigenvalue weighted by molar-refractivity contribution is -0.131. The Morgan fingerprint density at radius 3 is 2.36 bits per heavy atom. The van der Waals surface area contributed by atoms with Crippen molar-refractivity contribution in [3.05, 3.63) is 99.5 Å². The number of carbonyl (C=O) groups is 3. The summed E-state index contributed by atoms with van der Waals surface area (Å²) in [4.78, 5) is 40.6. The van der Waals surface area contributed by atoms with Gasteiger partial charge in [0.15, 0.2) is 5.11 Å². The van der Waals surface area contributed by atoms with Crippen molar-refractivity contribution in [3.8, 4) is 0 Å². The van der Waals surface area contributed by atoms with Gasteiger partial charge in [-0.15, -0.1) is 0 Å². The van der Waals surface area contributed by atoms with Crippen LogP contribution in [0, 0.1) is 6.92 Å². The van der Waals surface area contributed by atoms with E-state index in [1.807, 2.05) is 37.3 Å². The lowest BCUT2D eigenvalue weighted by atomic mass is 10.1. The van der Waals surface area contributed by atoms with Gasteiger partial charge >= 0.3 is 0 Å². The summed E-state index contributed by atoms with van der Waals surface area (Å²) < 4.78 is 0. The number of amides is 3. The normalized spacial score (nSPS) is 15.2. The summed E-state index contributed by atoms with van der Waals surface area (Å²) in [5.74, 6) is -1.31. The van der Waals surface area contributed by atoms with Crippen molar-refractivity contribution < 1.29 is 14.4 Å². The first kappa shape index (κ1) is 25.6. The van der Waals surface area contributed by atoms with E-state index in [0.717, 1.165) is 11.1 Å². The number of carbonyl (C=O) groups excluding carboxylic acids is 3. The van der Waals surface area contributed by atoms with E-state index >= 15 is 0 Å². The van der Waals surface area contributed by atoms with Crippen LogP contribution in [-0.4, -0.2) is 38.8 Å². The maximum absolute atomic E-state index is 13.4. The standard InChI is InChI=1S/C26H22Cl2N4O3S/c1-16-7-12-20(13-21(16)28)29-23(33)14-22-25(35)31(15-17-5-3-2-4-6-17)26(36)32(22)30-24(34)18-8-10-19(27)11-9-18/h2-13,22H,14-15H2,1H3,(H,29,33)(H,30,34). The second kappa shape index (κ2) is 11.1. The summed E-state index contributed by atoms with van der Waals surface area (Å²) in [6.45, 7) is 2.06. The van der Waals surface area contributed by atoms with Gasteiger partial charge in [0.2, 0.25) is 5.91 Å². The predicted octanol–water partition coefficient (Wildman–Crippen LogP) is 4.97. The summed E-state index contributed by atoms with van der Waals surface area (Å²) in [6, 6.07) is 19.7. The molecule has 0 aliphatic carbocycles. The number of rotatable bonds is 7. The van der Waals surface area contributed by atoms with E-state index in [9.17, 15) is 14.4 Å². The van der Waals surface area contributed by atoms with Crippen LogP contribution in [0.15, 0.2) is 72.8 Å². The zero-order chi connectivity index (χ0) is 25.8. The number of halogens is 2. The second-order valence-corrected chi connectivity index (χ2v) is 9.45. The highest BCUT2D eigenvalue weighted by Gasteiger charge is 2.44. The molecule has 1 atom stereocenters. The van der Waals surface area contributed by atoms with Crippen molar-refractivity contribution in [1.82, 2.24) is 15.3 Å². The molecular weight excluding hydrogens is 519 g/mol. The molecule has 0 aromatic heterocycles. The third kappa shape index (κ3) is 5.84. The minimum absolute atomic E-state index is 0.0994. The van der Waals surface area contributed by atoms with Crippen molar-refractivity contribution in [2.75, 3.05) is 5.32 Å². The number of hydrazine groups is 1. The Morgan fingerprint density at radius 2 is 1.69 bits per heavy atom. The smallest absolute Gasteiger partial charge is 0.269 e. The van der Waals surface area contributed by atoms with Crippen LogP contribution in [0.5, 0.6) is 0 Å². The van der Waals surface area contributed by atoms with Gasteiger partial charge in [-0.2, -0.15) is 0 Å². The maximum Gasteiger partial charge on any atom is 0.269 e. The molecule has 0 saturated carbocycles. The van der Waals surface area contributed by atoms with Crippen LogP contribution < -0.4 is 10.7 Å². The van der Waals surface area contributed by atoms with Crippen LogP contribution in [0.2, 0.25) is 10.0 Å². The van der Waals surface area contributed by atoms with Gasteiger partial charge in [-0.1, -0.05) is 59.6 Å². The quantitative estimate of drug-likeness (QED) is 0.413. The van der Waals surface area contributed by atoms with Gasteiger partial charge in [-0.3, -0.25) is 24.7 Å². The number of hydrogen-bond donors (Lipinski definition) is 2. The number of hydrogen-bond acceptors (Lipinski definition) is 4. The Hall–Kier alpha value is -3.46. The maximum atomic E-state index is 13.4. The lowest BCUT2D eigenvalue weighted by Crippen LogP contribution is -2.49. The molecule has 0 bridgehead atoms. The Kier molecular flexibility index (Phi) is 7.88. The van der Waals surface area contributed by atoms with Crippen LogP contribution in [0.4, 0.5) is 5.69 Å². The third-order valence-corrected chi connectivity index (χ3v) is 6.72. The molecular formula is C26H22Cl2N4O3S. The number of aryl methyl sites for hydroxylation is 1. The van der Waals surface area contributed by atoms with Gasteiger partial charge in [-0.05, 0) is 66.7 Å². The largest absolute Gasteiger partial charge is 0.326 e. The summed E-state index contributed by atoms with van der Waals surface area (Å²) in [6.07, 6.45) is -0.239. The summed E-state index contributed by atoms with van der Waals surface area (Å²) in [5, 5.41) is 5.13. The lowest BCUT2D eigenvalue weighted by Gasteiger charge is -2.24. The topological polar surface area (TPSA) is 81.8 Å². The minimum atomic E-state index is -1.03. The molecule has 1 aliphatic rings. The molecule has 1 aliphatic heterocycles. The molecule has 3 amide bonds. The number of nitrogens with zero attached hydrogens (tertiary/aromatic N) is 2. The Labute approximate surface area is 223 Å². The van der Waals surface area contributed by atoms with Gasteiger partial charge in [-0.25, -0.2) is 5.01 Å². The molecule has 36 heavy (non-hydrogen) atoms. The highest BCUT2D eigenvalue weighted by Crippen LogP contribution is 2.24. The molecule has 184 valence electrons. The fourth-order valence-electron chi connectivity index (χ4n) is 3.70. The molecule has 1 saturated heterocycles. The van der Waals surface area contributed by atoms with Gasteiger partial charge in [0.25, 0.3) is 11.8 Å². The van der Waals surface area contributed by atoms with Gasteiger partial charge < -0.3 is 5.32 Å². The second-order valence-electron chi connectivity index (χ2n) is 8.24. The van der Waals surface area contributed by atoms with Crippen LogP contribution in [-0.2, 0) is 16.1 Å². The van der Waals surface area contributed by atoms with E-state index in [1.165, 1.54) is 9.91 Å². The molecule has 1 fully saturated rings. The highest BCUT2D eigenvalue weighted by atomic mass is 35.5. The number of nitrogens with one attached hydrogen (secondary N) is 2. The zero-order valence-corrected chi connectivity index (χ0v) is 21.5. The monoisotopic (exact) mass is 540 g/mol. The van der Waals surface area contributed by atoms with Crippen LogP contribution in [0.25, 0.3) is 0 Å². The van der Waals surface area contributed by atoms with E-state index in [4.69, 9.17) is 35.4 Å². The first-order valence-corrected chi connectivity index (χ1v) is 12.2. The highest BCUT2D eigenvalue weighted by molar-refractivity contribution is 7.80. The number of benzene rings is 3. The fraction of sp³-hybridized carbons (Fsp3) is 0.154. The number of anilines is 1. The molecule has 7 nitrogen and oxygen atoms in total. The average Bonchev–Trinajstić information content (AvgIpc) is 3.06. The molecule has 0 radical (unpaired) electrons. The van der Waals surface area contributed by atoms with E-state index in [1.54, 1.807) is 42.5 Å². The zero-order valence-electron chi connectivity index (χ0n) is 19.2. The molecule has 1 heterocycles. The molecule has 3 aromatic carbocycles. The Balaban J connectivity index is 1.55. The van der Waals surface area contributed by atoms with Crippen molar-refractivity contribution in [2.45, 2.75) is 25.9 Å². The molecule has 1 unspecified atom stereocenters. The van der Waals surface area contributed by atoms with Crippen molar-refractivity contribution in [2.24, 2.45) is 0 Å². The van der Waals surface area contributed by atoms with E-state index < -0.39 is 23.8 Å². The van der Waals surface area contributed by atoms with Crippen LogP contribution >= 0.6 is 35.4 Å². The summed E-state index contributed by atoms with van der Waals surface area (Å²) >= 11 is 17.6. The molecule has 4 rings (SSSR count). The van der Waals surface area contributed by atoms with Crippen molar-refractivity contribution in [3.63, 3.8) is 0 Å². The van der Waals surface area contributed by atoms with E-state index in [2.05, 4.69) is 10.7 Å². The van der Waals surface area contributed by atoms with Gasteiger partial charge in [0.1, 0.15) is 6.04 Å². The Morgan fingerprint density at radius 1 is 1.00 bits per heavy atom. The SMILES string of the molecule is Cc1ccc(NC(=O)CC2C(=O)N(Cc3ccccc3)C(=S)N2NC(=O)c2ccc(Cl)cc2)cc1Cl. The van der Waals surface area contributed by atoms with Crippen LogP contribution in [0.3, 0.4) is 0 Å². The Bertz CT molecular complexity index is 1320. The first-order chi connectivity index (χ1) is 17.2. The van der Waals surface area contributed by atoms with Gasteiger partial charge in [0.05, 0.1) is 13.0 Å². The van der Waals surface area contributed by atoms with Gasteiger partial charge in [0, 0.05) is 21.3 Å². The molecule has 3 aromatic rings. The van der Waals surface area contributed by atoms with E-state index in [-0.39, 0.29) is 18.1 Å². The van der Waals surface area contributed by atoms with Crippen LogP contribution in [0.1, 0.15) is 27.9 Å². The fourth-order valence-corrected chi connectivity index (χ4v) is 4.33. The first-order valence-electron chi connectivity index (χ1n) is 11.0. The third-order valence-electron chi connectivity index (χ3n) is 5.65.